The average Bonchev–Trinajstić information content (AvgIpc) is 2.97. The number of nitrogens with one attached hydrogen (secondary N) is 1. The highest BCUT2D eigenvalue weighted by molar-refractivity contribution is 8.19. The Kier molecular flexibility index (Phi) is 5.22. The molecule has 25 heavy (non-hydrogen) atoms. The van der Waals surface area contributed by atoms with Crippen molar-refractivity contribution < 1.29 is 9.53 Å². The fraction of sp³-hybridized carbons (Fsp3) is 0.632. The van der Waals surface area contributed by atoms with Crippen molar-refractivity contribution in [3.63, 3.8) is 0 Å². The van der Waals surface area contributed by atoms with Crippen molar-refractivity contribution in [3.8, 4) is 5.75 Å². The van der Waals surface area contributed by atoms with Crippen molar-refractivity contribution in [1.82, 2.24) is 5.32 Å². The molecule has 0 bridgehead atoms. The molecule has 1 aromatic carbocycles. The molecule has 2 aliphatic rings. The maximum absolute atomic E-state index is 13.2. The van der Waals surface area contributed by atoms with Gasteiger partial charge in [-0.3, -0.25) is 4.79 Å². The second kappa shape index (κ2) is 6.95. The first-order valence-electron chi connectivity index (χ1n) is 8.96. The highest BCUT2D eigenvalue weighted by Crippen LogP contribution is 2.62. The Morgan fingerprint density at radius 3 is 2.44 bits per heavy atom. The van der Waals surface area contributed by atoms with Crippen molar-refractivity contribution in [2.45, 2.75) is 49.3 Å². The van der Waals surface area contributed by atoms with Crippen molar-refractivity contribution in [3.05, 3.63) is 23.8 Å². The Balaban J connectivity index is 2.16. The van der Waals surface area contributed by atoms with Gasteiger partial charge < -0.3 is 15.0 Å². The van der Waals surface area contributed by atoms with E-state index in [-0.39, 0.29) is 17.5 Å². The van der Waals surface area contributed by atoms with Gasteiger partial charge in [-0.2, -0.15) is 0 Å². The zero-order chi connectivity index (χ0) is 18.2. The van der Waals surface area contributed by atoms with Gasteiger partial charge in [0, 0.05) is 12.7 Å². The minimum absolute atomic E-state index is 0.0178. The molecular formula is C19H28N2O2S2. The maximum atomic E-state index is 13.2. The molecule has 1 aromatic rings. The number of amides is 1. The van der Waals surface area contributed by atoms with Crippen LogP contribution in [0.4, 0.5) is 5.69 Å². The number of nitrogens with zero attached hydrogens (tertiary/aromatic N) is 1. The van der Waals surface area contributed by atoms with Crippen LogP contribution in [0.15, 0.2) is 18.2 Å². The third-order valence-electron chi connectivity index (χ3n) is 5.35. The summed E-state index contributed by atoms with van der Waals surface area (Å²) in [6.45, 7) is 6.61. The van der Waals surface area contributed by atoms with Gasteiger partial charge in [-0.15, -0.1) is 23.5 Å². The van der Waals surface area contributed by atoms with Crippen LogP contribution in [0.3, 0.4) is 0 Å². The van der Waals surface area contributed by atoms with Gasteiger partial charge in [0.1, 0.15) is 11.9 Å². The van der Waals surface area contributed by atoms with Crippen molar-refractivity contribution in [2.75, 3.05) is 30.6 Å². The van der Waals surface area contributed by atoms with Crippen LogP contribution in [-0.4, -0.2) is 41.8 Å². The number of likely N-dealkylation sites (N-methyl/N-ethyl adjacent to an activating group) is 1. The predicted molar refractivity (Wildman–Crippen MR) is 109 cm³/mol. The molecule has 0 radical (unpaired) electrons. The lowest BCUT2D eigenvalue weighted by Crippen LogP contribution is -2.50. The van der Waals surface area contributed by atoms with Gasteiger partial charge in [-0.05, 0) is 55.0 Å². The van der Waals surface area contributed by atoms with Crippen LogP contribution in [0.25, 0.3) is 0 Å². The highest BCUT2D eigenvalue weighted by atomic mass is 32.2. The van der Waals surface area contributed by atoms with Gasteiger partial charge >= 0.3 is 0 Å². The minimum Gasteiger partial charge on any atom is -0.497 e. The Labute approximate surface area is 159 Å². The molecule has 2 aliphatic heterocycles. The monoisotopic (exact) mass is 380 g/mol. The molecule has 0 saturated carbocycles. The van der Waals surface area contributed by atoms with E-state index in [1.54, 1.807) is 7.11 Å². The Hall–Kier alpha value is -1.01. The summed E-state index contributed by atoms with van der Waals surface area (Å²) in [4.78, 5) is 15.4. The molecule has 0 unspecified atom stereocenters. The molecular weight excluding hydrogens is 352 g/mol. The van der Waals surface area contributed by atoms with Crippen molar-refractivity contribution in [1.29, 1.82) is 0 Å². The first-order valence-corrected chi connectivity index (χ1v) is 10.9. The number of hydrogen-bond acceptors (Lipinski definition) is 5. The molecule has 6 heteroatoms. The van der Waals surface area contributed by atoms with E-state index in [9.17, 15) is 4.79 Å². The number of carbonyl (C=O) groups excluding carboxylic acids is 1. The van der Waals surface area contributed by atoms with Gasteiger partial charge in [0.05, 0.1) is 12.5 Å². The Bertz CT molecular complexity index is 659. The first kappa shape index (κ1) is 18.8. The molecule has 4 nitrogen and oxygen atoms in total. The van der Waals surface area contributed by atoms with E-state index in [1.165, 1.54) is 11.3 Å². The van der Waals surface area contributed by atoms with Crippen molar-refractivity contribution in [2.24, 2.45) is 0 Å². The molecule has 0 spiro atoms. The van der Waals surface area contributed by atoms with Gasteiger partial charge in [-0.1, -0.05) is 13.8 Å². The standard InChI is InChI=1S/C19H28N2O2S2/c1-6-10-24-19(25-11-7-2)17(22)20-16-18(19,3)14-12-13(23-5)8-9-15(14)21(16)4/h8-9,12,16H,6-7,10-11H2,1-5H3,(H,20,22)/t16-,18+/m1/s1. The van der Waals surface area contributed by atoms with E-state index < -0.39 is 4.08 Å². The molecule has 1 saturated heterocycles. The lowest BCUT2D eigenvalue weighted by atomic mass is 9.80. The smallest absolute Gasteiger partial charge is 0.249 e. The molecule has 0 aromatic heterocycles. The summed E-state index contributed by atoms with van der Waals surface area (Å²) < 4.78 is 4.98. The highest BCUT2D eigenvalue weighted by Gasteiger charge is 2.69. The summed E-state index contributed by atoms with van der Waals surface area (Å²) in [5.41, 5.74) is 2.10. The molecule has 1 N–H and O–H groups in total. The summed E-state index contributed by atoms with van der Waals surface area (Å²) in [5, 5.41) is 3.30. The lowest BCUT2D eigenvalue weighted by molar-refractivity contribution is -0.119. The molecule has 1 amide bonds. The van der Waals surface area contributed by atoms with Crippen LogP contribution < -0.4 is 15.0 Å². The number of hydrogen-bond donors (Lipinski definition) is 1. The normalized spacial score (nSPS) is 26.4. The number of methoxy groups -OCH3 is 1. The molecule has 138 valence electrons. The SMILES string of the molecule is CCCSC1(SCCC)C(=O)N[C@@H]2N(C)c3ccc(OC)cc3[C@@]21C. The van der Waals surface area contributed by atoms with Crippen LogP contribution in [0.1, 0.15) is 39.2 Å². The Morgan fingerprint density at radius 2 is 1.88 bits per heavy atom. The van der Waals surface area contributed by atoms with Gasteiger partial charge in [0.2, 0.25) is 5.91 Å². The fourth-order valence-corrected chi connectivity index (χ4v) is 7.30. The number of fused-ring (bicyclic) bond motifs is 3. The quantitative estimate of drug-likeness (QED) is 0.728. The summed E-state index contributed by atoms with van der Waals surface area (Å²) in [6.07, 6.45) is 2.11. The maximum Gasteiger partial charge on any atom is 0.249 e. The fourth-order valence-electron chi connectivity index (χ4n) is 4.06. The third-order valence-corrected chi connectivity index (χ3v) is 9.31. The van der Waals surface area contributed by atoms with Gasteiger partial charge in [-0.25, -0.2) is 0 Å². The topological polar surface area (TPSA) is 41.6 Å². The number of benzene rings is 1. The van der Waals surface area contributed by atoms with Crippen molar-refractivity contribution >= 4 is 35.1 Å². The largest absolute Gasteiger partial charge is 0.497 e. The van der Waals surface area contributed by atoms with E-state index in [2.05, 4.69) is 50.2 Å². The molecule has 2 atom stereocenters. The molecule has 0 aliphatic carbocycles. The average molecular weight is 381 g/mol. The van der Waals surface area contributed by atoms with Gasteiger partial charge in [0.15, 0.2) is 4.08 Å². The molecule has 2 heterocycles. The van der Waals surface area contributed by atoms with Gasteiger partial charge in [0.25, 0.3) is 0 Å². The van der Waals surface area contributed by atoms with Crippen LogP contribution >= 0.6 is 23.5 Å². The first-order chi connectivity index (χ1) is 12.0. The molecule has 1 fully saturated rings. The third kappa shape index (κ3) is 2.55. The number of anilines is 1. The van der Waals surface area contributed by atoms with Crippen LogP contribution in [0.2, 0.25) is 0 Å². The van der Waals surface area contributed by atoms with Crippen LogP contribution in [-0.2, 0) is 10.2 Å². The lowest BCUT2D eigenvalue weighted by Gasteiger charge is -2.40. The zero-order valence-electron chi connectivity index (χ0n) is 15.7. The molecule has 3 rings (SSSR count). The summed E-state index contributed by atoms with van der Waals surface area (Å²) in [7, 11) is 3.77. The number of carbonyl (C=O) groups is 1. The predicted octanol–water partition coefficient (Wildman–Crippen LogP) is 3.84. The van der Waals surface area contributed by atoms with E-state index >= 15 is 0 Å². The van der Waals surface area contributed by atoms with E-state index in [1.807, 2.05) is 29.6 Å². The zero-order valence-corrected chi connectivity index (χ0v) is 17.4. The van der Waals surface area contributed by atoms with E-state index in [0.717, 1.165) is 30.1 Å². The summed E-state index contributed by atoms with van der Waals surface area (Å²) in [6, 6.07) is 6.24. The van der Waals surface area contributed by atoms with E-state index in [0.29, 0.717) is 0 Å². The summed E-state index contributed by atoms with van der Waals surface area (Å²) in [5.74, 6) is 2.98. The number of rotatable bonds is 7. The van der Waals surface area contributed by atoms with Crippen LogP contribution in [0.5, 0.6) is 5.75 Å². The second-order valence-electron chi connectivity index (χ2n) is 6.89. The van der Waals surface area contributed by atoms with E-state index in [4.69, 9.17) is 4.74 Å². The summed E-state index contributed by atoms with van der Waals surface area (Å²) >= 11 is 3.63. The Morgan fingerprint density at radius 1 is 1.24 bits per heavy atom. The number of thioether (sulfide) groups is 2. The van der Waals surface area contributed by atoms with Crippen LogP contribution in [0, 0.1) is 0 Å². The minimum atomic E-state index is -0.504. The number of ether oxygens (including phenoxy) is 1. The second-order valence-corrected chi connectivity index (χ2v) is 9.76.